The van der Waals surface area contributed by atoms with Crippen LogP contribution >= 0.6 is 11.6 Å². The average molecular weight is 332 g/mol. The number of hydrogen-bond acceptors (Lipinski definition) is 4. The summed E-state index contributed by atoms with van der Waals surface area (Å²) in [4.78, 5) is 13.5. The molecule has 0 unspecified atom stereocenters. The molecular formula is C13H18ClN3O3S. The van der Waals surface area contributed by atoms with Gasteiger partial charge in [0.05, 0.1) is 11.4 Å². The molecule has 0 aliphatic carbocycles. The number of hydrogen-bond donors (Lipinski definition) is 2. The Morgan fingerprint density at radius 2 is 2.00 bits per heavy atom. The molecule has 0 saturated carbocycles. The molecule has 6 nitrogen and oxygen atoms in total. The molecule has 0 radical (unpaired) electrons. The first-order chi connectivity index (χ1) is 9.81. The fraction of sp³-hybridized carbons (Fsp3) is 0.462. The van der Waals surface area contributed by atoms with Gasteiger partial charge in [-0.05, 0) is 37.5 Å². The average Bonchev–Trinajstić information content (AvgIpc) is 2.94. The van der Waals surface area contributed by atoms with Crippen molar-refractivity contribution in [3.63, 3.8) is 0 Å². The summed E-state index contributed by atoms with van der Waals surface area (Å²) in [6, 6.07) is 2.82. The van der Waals surface area contributed by atoms with E-state index in [0.717, 1.165) is 12.8 Å². The molecule has 1 aromatic carbocycles. The van der Waals surface area contributed by atoms with E-state index in [-0.39, 0.29) is 22.4 Å². The third-order valence-electron chi connectivity index (χ3n) is 3.53. The Morgan fingerprint density at radius 3 is 2.62 bits per heavy atom. The van der Waals surface area contributed by atoms with E-state index >= 15 is 0 Å². The predicted molar refractivity (Wildman–Crippen MR) is 81.6 cm³/mol. The van der Waals surface area contributed by atoms with Gasteiger partial charge in [-0.2, -0.15) is 0 Å². The van der Waals surface area contributed by atoms with E-state index in [4.69, 9.17) is 17.3 Å². The van der Waals surface area contributed by atoms with Gasteiger partial charge in [0.15, 0.2) is 0 Å². The summed E-state index contributed by atoms with van der Waals surface area (Å²) in [7, 11) is -3.82. The molecule has 8 heteroatoms. The highest BCUT2D eigenvalue weighted by molar-refractivity contribution is 7.89. The van der Waals surface area contributed by atoms with Crippen LogP contribution in [0.4, 0.5) is 5.69 Å². The number of benzene rings is 1. The van der Waals surface area contributed by atoms with Crippen LogP contribution in [0.15, 0.2) is 17.0 Å². The smallest absolute Gasteiger partial charge is 0.241 e. The van der Waals surface area contributed by atoms with Crippen LogP contribution in [0.5, 0.6) is 0 Å². The van der Waals surface area contributed by atoms with Crippen LogP contribution in [0.3, 0.4) is 0 Å². The molecule has 1 fully saturated rings. The van der Waals surface area contributed by atoms with Gasteiger partial charge < -0.3 is 10.6 Å². The summed E-state index contributed by atoms with van der Waals surface area (Å²) in [5.41, 5.74) is 6.44. The number of nitrogens with one attached hydrogen (secondary N) is 1. The van der Waals surface area contributed by atoms with E-state index in [1.54, 1.807) is 11.8 Å². The number of carbonyl (C=O) groups excluding carboxylic acids is 1. The normalized spacial score (nSPS) is 15.4. The standard InChI is InChI=1S/C13H18ClN3O3S/c1-9-11(15)6-10(14)7-12(9)21(19,20)16-8-13(18)17-4-2-3-5-17/h6-7,16H,2-5,8,15H2,1H3. The van der Waals surface area contributed by atoms with E-state index in [9.17, 15) is 13.2 Å². The molecule has 1 aliphatic heterocycles. The summed E-state index contributed by atoms with van der Waals surface area (Å²) in [6.07, 6.45) is 1.92. The number of amides is 1. The van der Waals surface area contributed by atoms with E-state index < -0.39 is 10.0 Å². The fourth-order valence-corrected chi connectivity index (χ4v) is 3.83. The van der Waals surface area contributed by atoms with Crippen LogP contribution in [0.2, 0.25) is 5.02 Å². The molecule has 1 saturated heterocycles. The Labute approximate surface area is 129 Å². The molecule has 116 valence electrons. The van der Waals surface area contributed by atoms with Crippen LogP contribution in [0.25, 0.3) is 0 Å². The fourth-order valence-electron chi connectivity index (χ4n) is 2.27. The van der Waals surface area contributed by atoms with Crippen molar-refractivity contribution in [1.29, 1.82) is 0 Å². The number of halogens is 1. The quantitative estimate of drug-likeness (QED) is 0.809. The van der Waals surface area contributed by atoms with Gasteiger partial charge in [-0.3, -0.25) is 4.79 Å². The molecule has 0 atom stereocenters. The monoisotopic (exact) mass is 331 g/mol. The van der Waals surface area contributed by atoms with Crippen molar-refractivity contribution in [1.82, 2.24) is 9.62 Å². The predicted octanol–water partition coefficient (Wildman–Crippen LogP) is 1.13. The van der Waals surface area contributed by atoms with E-state index in [1.807, 2.05) is 0 Å². The number of rotatable bonds is 4. The lowest BCUT2D eigenvalue weighted by atomic mass is 10.2. The van der Waals surface area contributed by atoms with Gasteiger partial charge in [0, 0.05) is 23.8 Å². The van der Waals surface area contributed by atoms with Crippen molar-refractivity contribution in [3.8, 4) is 0 Å². The highest BCUT2D eigenvalue weighted by Gasteiger charge is 2.23. The minimum Gasteiger partial charge on any atom is -0.398 e. The first-order valence-corrected chi connectivity index (χ1v) is 8.50. The second-order valence-corrected chi connectivity index (χ2v) is 7.20. The first kappa shape index (κ1) is 16.1. The summed E-state index contributed by atoms with van der Waals surface area (Å²) in [5, 5.41) is 0.240. The highest BCUT2D eigenvalue weighted by Crippen LogP contribution is 2.25. The number of carbonyl (C=O) groups is 1. The highest BCUT2D eigenvalue weighted by atomic mass is 35.5. The van der Waals surface area contributed by atoms with Gasteiger partial charge in [0.2, 0.25) is 15.9 Å². The minimum atomic E-state index is -3.82. The zero-order chi connectivity index (χ0) is 15.6. The third-order valence-corrected chi connectivity index (χ3v) is 5.27. The van der Waals surface area contributed by atoms with Crippen LogP contribution in [0, 0.1) is 6.92 Å². The minimum absolute atomic E-state index is 0.00159. The van der Waals surface area contributed by atoms with E-state index in [1.165, 1.54) is 12.1 Å². The number of nitrogens with two attached hydrogens (primary N) is 1. The second kappa shape index (κ2) is 6.21. The molecule has 0 spiro atoms. The zero-order valence-corrected chi connectivity index (χ0v) is 13.3. The Morgan fingerprint density at radius 1 is 1.38 bits per heavy atom. The van der Waals surface area contributed by atoms with Crippen molar-refractivity contribution >= 4 is 33.2 Å². The maximum absolute atomic E-state index is 12.3. The van der Waals surface area contributed by atoms with Gasteiger partial charge in [-0.25, -0.2) is 13.1 Å². The Hall–Kier alpha value is -1.31. The van der Waals surface area contributed by atoms with E-state index in [2.05, 4.69) is 4.72 Å². The number of sulfonamides is 1. The van der Waals surface area contributed by atoms with Crippen molar-refractivity contribution in [2.45, 2.75) is 24.7 Å². The maximum atomic E-state index is 12.3. The number of likely N-dealkylation sites (tertiary alicyclic amines) is 1. The topological polar surface area (TPSA) is 92.5 Å². The SMILES string of the molecule is Cc1c(N)cc(Cl)cc1S(=O)(=O)NCC(=O)N1CCCC1. The first-order valence-electron chi connectivity index (χ1n) is 6.64. The van der Waals surface area contributed by atoms with E-state index in [0.29, 0.717) is 24.3 Å². The van der Waals surface area contributed by atoms with Gasteiger partial charge in [0.25, 0.3) is 0 Å². The summed E-state index contributed by atoms with van der Waals surface area (Å²) in [5.74, 6) is -0.219. The molecule has 2 rings (SSSR count). The van der Waals surface area contributed by atoms with Crippen LogP contribution in [-0.4, -0.2) is 38.9 Å². The molecule has 3 N–H and O–H groups in total. The van der Waals surface area contributed by atoms with Crippen molar-refractivity contribution < 1.29 is 13.2 Å². The number of nitrogens with zero attached hydrogens (tertiary/aromatic N) is 1. The molecule has 1 aliphatic rings. The van der Waals surface area contributed by atoms with Crippen LogP contribution < -0.4 is 10.5 Å². The van der Waals surface area contributed by atoms with Gasteiger partial charge in [-0.15, -0.1) is 0 Å². The molecule has 1 aromatic rings. The second-order valence-electron chi connectivity index (χ2n) is 5.03. The molecule has 0 bridgehead atoms. The van der Waals surface area contributed by atoms with Crippen LogP contribution in [-0.2, 0) is 14.8 Å². The summed E-state index contributed by atoms with van der Waals surface area (Å²) in [6.45, 7) is 2.71. The van der Waals surface area contributed by atoms with Crippen molar-refractivity contribution in [3.05, 3.63) is 22.7 Å². The lowest BCUT2D eigenvalue weighted by molar-refractivity contribution is -0.128. The van der Waals surface area contributed by atoms with Gasteiger partial charge in [-0.1, -0.05) is 11.6 Å². The van der Waals surface area contributed by atoms with Crippen molar-refractivity contribution in [2.24, 2.45) is 0 Å². The summed E-state index contributed by atoms with van der Waals surface area (Å²) >= 11 is 5.85. The van der Waals surface area contributed by atoms with Gasteiger partial charge >= 0.3 is 0 Å². The third kappa shape index (κ3) is 3.66. The molecule has 1 amide bonds. The lowest BCUT2D eigenvalue weighted by Crippen LogP contribution is -2.38. The Balaban J connectivity index is 2.13. The Bertz CT molecular complexity index is 655. The molecule has 0 aromatic heterocycles. The summed E-state index contributed by atoms with van der Waals surface area (Å²) < 4.78 is 26.9. The van der Waals surface area contributed by atoms with Crippen molar-refractivity contribution in [2.75, 3.05) is 25.4 Å². The van der Waals surface area contributed by atoms with Crippen LogP contribution in [0.1, 0.15) is 18.4 Å². The lowest BCUT2D eigenvalue weighted by Gasteiger charge is -2.16. The molecular weight excluding hydrogens is 314 g/mol. The molecule has 1 heterocycles. The molecule has 21 heavy (non-hydrogen) atoms. The largest absolute Gasteiger partial charge is 0.398 e. The maximum Gasteiger partial charge on any atom is 0.241 e. The zero-order valence-electron chi connectivity index (χ0n) is 11.7. The van der Waals surface area contributed by atoms with Gasteiger partial charge in [0.1, 0.15) is 0 Å². The number of anilines is 1. The number of nitrogen functional groups attached to an aromatic ring is 1. The Kier molecular flexibility index (Phi) is 4.75.